The number of fused-ring (bicyclic) bond motifs is 8. The molecule has 0 radical (unpaired) electrons. The molecule has 0 aliphatic carbocycles. The van der Waals surface area contributed by atoms with Crippen molar-refractivity contribution in [3.05, 3.63) is 137 Å². The van der Waals surface area contributed by atoms with Crippen molar-refractivity contribution in [2.75, 3.05) is 49.0 Å². The van der Waals surface area contributed by atoms with Gasteiger partial charge in [0, 0.05) is 92.5 Å². The molecule has 0 aromatic heterocycles. The van der Waals surface area contributed by atoms with Gasteiger partial charge in [0.05, 0.1) is 55.3 Å². The van der Waals surface area contributed by atoms with E-state index >= 15 is 0 Å². The van der Waals surface area contributed by atoms with E-state index < -0.39 is 42.1 Å². The molecule has 2 unspecified atom stereocenters. The monoisotopic (exact) mass is 1080 g/mol. The number of amides is 8. The molecule has 3 atom stereocenters. The summed E-state index contributed by atoms with van der Waals surface area (Å²) in [5.74, 6) is -1.95. The Balaban J connectivity index is 0.798. The highest BCUT2D eigenvalue weighted by atomic mass is 16.5. The summed E-state index contributed by atoms with van der Waals surface area (Å²) in [5, 5.41) is 10.7. The smallest absolute Gasteiger partial charge is 0.261 e. The molecule has 10 rings (SSSR count). The molecule has 0 fully saturated rings. The average Bonchev–Trinajstić information content (AvgIpc) is 4.13. The topological polar surface area (TPSA) is 256 Å². The number of anilines is 3. The highest BCUT2D eigenvalue weighted by molar-refractivity contribution is 6.16. The Kier molecular flexibility index (Phi) is 15.8. The van der Waals surface area contributed by atoms with E-state index in [-0.39, 0.29) is 69.0 Å². The molecule has 0 saturated carbocycles. The van der Waals surface area contributed by atoms with Crippen LogP contribution in [0.25, 0.3) is 0 Å². The lowest BCUT2D eigenvalue weighted by Crippen LogP contribution is -2.45. The van der Waals surface area contributed by atoms with Gasteiger partial charge in [-0.1, -0.05) is 36.4 Å². The van der Waals surface area contributed by atoms with E-state index in [0.717, 1.165) is 27.4 Å². The summed E-state index contributed by atoms with van der Waals surface area (Å²) in [6.45, 7) is 1.17. The van der Waals surface area contributed by atoms with Gasteiger partial charge in [0.2, 0.25) is 23.6 Å². The Bertz CT molecular complexity index is 3270. The van der Waals surface area contributed by atoms with Gasteiger partial charge >= 0.3 is 0 Å². The van der Waals surface area contributed by atoms with Gasteiger partial charge in [-0.3, -0.25) is 63.0 Å². The third-order valence-corrected chi connectivity index (χ3v) is 14.2. The maximum atomic E-state index is 14.1. The van der Waals surface area contributed by atoms with Crippen molar-refractivity contribution in [2.24, 2.45) is 9.98 Å². The van der Waals surface area contributed by atoms with Crippen molar-refractivity contribution < 1.29 is 57.3 Å². The molecule has 5 aliphatic rings. The zero-order valence-electron chi connectivity index (χ0n) is 44.1. The SMILES string of the molecule is COc1cc2c(cc1OCc1cc(COc3cc4c(cc3OC)C(=O)N3c5ccccc5C[C@H]3C=N4)cc(NC(=O)C(C)NC(=O)CNC(=O)CCCCC(=O)NCCN3C(=O)C=CC3=O)c1)N=CC1Cc3ccccc3N1C2=O. The van der Waals surface area contributed by atoms with Gasteiger partial charge in [-0.15, -0.1) is 0 Å². The number of imide groups is 1. The van der Waals surface area contributed by atoms with E-state index in [4.69, 9.17) is 28.9 Å². The van der Waals surface area contributed by atoms with Crippen molar-refractivity contribution in [2.45, 2.75) is 76.8 Å². The Morgan fingerprint density at radius 1 is 0.625 bits per heavy atom. The summed E-state index contributed by atoms with van der Waals surface area (Å²) in [5.41, 5.74) is 6.83. The molecule has 5 aliphatic heterocycles. The van der Waals surface area contributed by atoms with Crippen LogP contribution in [0.3, 0.4) is 0 Å². The summed E-state index contributed by atoms with van der Waals surface area (Å²) < 4.78 is 24.3. The Morgan fingerprint density at radius 2 is 1.12 bits per heavy atom. The Hall–Kier alpha value is -9.66. The fraction of sp³-hybridized carbons (Fsp3) is 0.288. The summed E-state index contributed by atoms with van der Waals surface area (Å²) in [6, 6.07) is 25.8. The van der Waals surface area contributed by atoms with Crippen LogP contribution in [-0.4, -0.2) is 117 Å². The highest BCUT2D eigenvalue weighted by Crippen LogP contribution is 2.43. The maximum absolute atomic E-state index is 14.1. The standard InChI is InChI=1S/C59H57N9O12/c1-34(64-54(71)31-63-53(70)15-9-8-14-52(69)60-18-19-66-55(72)16-17-56(66)73)57(74)65-39-21-35(32-79-50-27-44-42(25-48(50)77-2)58(75)67-40(29-61-44)23-37-10-4-6-12-46(37)67)20-36(22-39)33-80-51-28-45-43(26-49(51)78-3)59(76)68-41(30-62-45)24-38-11-5-7-13-47(38)68/h4-7,10-13,16-17,20-22,25-30,34,40-41H,8-9,14-15,18-19,23-24,31-33H2,1-3H3,(H,60,69)(H,63,70)(H,64,71)(H,65,74)/t34?,40-,41?/m0/s1. The lowest BCUT2D eigenvalue weighted by molar-refractivity contribution is -0.137. The first-order chi connectivity index (χ1) is 38.7. The number of hydrogen-bond acceptors (Lipinski definition) is 14. The van der Waals surface area contributed by atoms with Crippen LogP contribution in [-0.2, 0) is 54.8 Å². The highest BCUT2D eigenvalue weighted by Gasteiger charge is 2.38. The Labute approximate surface area is 460 Å². The number of para-hydroxylation sites is 2. The second kappa shape index (κ2) is 23.5. The molecule has 21 nitrogen and oxygen atoms in total. The first-order valence-electron chi connectivity index (χ1n) is 26.2. The molecule has 5 heterocycles. The van der Waals surface area contributed by atoms with Crippen LogP contribution in [0.5, 0.6) is 23.0 Å². The van der Waals surface area contributed by atoms with E-state index in [0.29, 0.717) is 88.0 Å². The molecule has 80 heavy (non-hydrogen) atoms. The predicted molar refractivity (Wildman–Crippen MR) is 295 cm³/mol. The number of carbonyl (C=O) groups is 8. The van der Waals surface area contributed by atoms with Gasteiger partial charge in [0.25, 0.3) is 23.6 Å². The normalized spacial score (nSPS) is 16.6. The fourth-order valence-electron chi connectivity index (χ4n) is 10.2. The van der Waals surface area contributed by atoms with E-state index in [2.05, 4.69) is 21.3 Å². The van der Waals surface area contributed by atoms with Crippen LogP contribution in [0.4, 0.5) is 28.4 Å². The largest absolute Gasteiger partial charge is 0.493 e. The van der Waals surface area contributed by atoms with Gasteiger partial charge in [-0.2, -0.15) is 0 Å². The fourth-order valence-corrected chi connectivity index (χ4v) is 10.2. The number of methoxy groups -OCH3 is 2. The molecule has 410 valence electrons. The van der Waals surface area contributed by atoms with Crippen molar-refractivity contribution in [1.29, 1.82) is 0 Å². The molecule has 21 heteroatoms. The number of ether oxygens (including phenoxy) is 4. The predicted octanol–water partition coefficient (Wildman–Crippen LogP) is 5.60. The third kappa shape index (κ3) is 11.6. The maximum Gasteiger partial charge on any atom is 0.261 e. The third-order valence-electron chi connectivity index (χ3n) is 14.2. The van der Waals surface area contributed by atoms with Crippen molar-refractivity contribution in [3.8, 4) is 23.0 Å². The van der Waals surface area contributed by atoms with Gasteiger partial charge in [0.15, 0.2) is 23.0 Å². The van der Waals surface area contributed by atoms with E-state index in [1.165, 1.54) is 33.3 Å². The van der Waals surface area contributed by atoms with Crippen molar-refractivity contribution in [3.63, 3.8) is 0 Å². The Morgan fingerprint density at radius 3 is 1.64 bits per heavy atom. The van der Waals surface area contributed by atoms with Gasteiger partial charge in [0.1, 0.15) is 19.3 Å². The van der Waals surface area contributed by atoms with E-state index in [9.17, 15) is 38.4 Å². The lowest BCUT2D eigenvalue weighted by Gasteiger charge is -2.22. The quantitative estimate of drug-likeness (QED) is 0.0518. The second-order valence-electron chi connectivity index (χ2n) is 19.6. The molecule has 0 spiro atoms. The minimum absolute atomic E-state index is 0.0477. The van der Waals surface area contributed by atoms with Gasteiger partial charge in [-0.25, -0.2) is 0 Å². The van der Waals surface area contributed by atoms with Crippen molar-refractivity contribution >= 4 is 88.1 Å². The molecule has 5 aromatic rings. The van der Waals surface area contributed by atoms with Crippen LogP contribution in [0.15, 0.2) is 113 Å². The molecule has 0 saturated heterocycles. The molecular weight excluding hydrogens is 1030 g/mol. The van der Waals surface area contributed by atoms with Crippen LogP contribution >= 0.6 is 0 Å². The number of nitrogens with one attached hydrogen (secondary N) is 4. The zero-order valence-corrected chi connectivity index (χ0v) is 44.1. The molecular formula is C59H57N9O12. The number of unbranched alkanes of at least 4 members (excludes halogenated alkanes) is 1. The summed E-state index contributed by atoms with van der Waals surface area (Å²) in [6.07, 6.45) is 8.07. The minimum Gasteiger partial charge on any atom is -0.493 e. The van der Waals surface area contributed by atoms with E-state index in [1.54, 1.807) is 58.6 Å². The number of rotatable bonds is 21. The lowest BCUT2D eigenvalue weighted by atomic mass is 10.1. The minimum atomic E-state index is -1.05. The molecule has 5 aromatic carbocycles. The number of aliphatic imine (C=N–C) groups is 2. The van der Waals surface area contributed by atoms with Crippen LogP contribution in [0.2, 0.25) is 0 Å². The number of benzene rings is 5. The first kappa shape index (κ1) is 53.7. The second-order valence-corrected chi connectivity index (χ2v) is 19.6. The first-order valence-corrected chi connectivity index (χ1v) is 26.2. The summed E-state index contributed by atoms with van der Waals surface area (Å²) in [7, 11) is 2.96. The van der Waals surface area contributed by atoms with Crippen LogP contribution in [0, 0.1) is 0 Å². The van der Waals surface area contributed by atoms with Gasteiger partial charge < -0.3 is 40.2 Å². The average molecular weight is 1080 g/mol. The number of nitrogens with zero attached hydrogens (tertiary/aromatic N) is 5. The van der Waals surface area contributed by atoms with Crippen LogP contribution < -0.4 is 50.0 Å². The summed E-state index contributed by atoms with van der Waals surface area (Å²) >= 11 is 0. The van der Waals surface area contributed by atoms with E-state index in [1.807, 2.05) is 54.6 Å². The number of carbonyl (C=O) groups excluding carboxylic acids is 8. The number of hydrogen-bond donors (Lipinski definition) is 4. The van der Waals surface area contributed by atoms with Crippen molar-refractivity contribution in [1.82, 2.24) is 20.9 Å². The summed E-state index contributed by atoms with van der Waals surface area (Å²) in [4.78, 5) is 117. The molecule has 4 N–H and O–H groups in total. The zero-order chi connectivity index (χ0) is 56.0. The molecule has 0 bridgehead atoms. The molecule has 8 amide bonds. The van der Waals surface area contributed by atoms with Crippen LogP contribution in [0.1, 0.15) is 75.6 Å². The van der Waals surface area contributed by atoms with Gasteiger partial charge in [-0.05, 0) is 84.5 Å².